The molecule has 20 heavy (non-hydrogen) atoms. The molecular weight excluding hydrogens is 282 g/mol. The number of hydrogen-bond donors (Lipinski definition) is 2. The molecule has 4 nitrogen and oxygen atoms in total. The summed E-state index contributed by atoms with van der Waals surface area (Å²) in [7, 11) is 0. The Morgan fingerprint density at radius 2 is 1.55 bits per heavy atom. The summed E-state index contributed by atoms with van der Waals surface area (Å²) >= 11 is 0. The molecular formula is C15H15CaNO3. The van der Waals surface area contributed by atoms with Crippen molar-refractivity contribution >= 4 is 49.5 Å². The van der Waals surface area contributed by atoms with Crippen LogP contribution in [0.1, 0.15) is 27.5 Å². The first-order valence-electron chi connectivity index (χ1n) is 5.77. The number of carboxylic acids is 1. The summed E-state index contributed by atoms with van der Waals surface area (Å²) in [5.41, 5.74) is 6.94. The molecule has 0 saturated carbocycles. The zero-order valence-corrected chi connectivity index (χ0v) is 10.1. The standard InChI is InChI=1S/C15H13NO3.Ca.2H/c16-13(15(18)19)11-7-4-8-12(9-11)14(17)10-5-2-1-3-6-10;;;/h1-9,13H,16H2,(H,18,19);;;. The number of carbonyl (C=O) groups is 2. The molecule has 2 rings (SSSR count). The van der Waals surface area contributed by atoms with Crippen LogP contribution in [0.25, 0.3) is 0 Å². The Hall–Kier alpha value is -1.20. The van der Waals surface area contributed by atoms with Gasteiger partial charge in [0.25, 0.3) is 0 Å². The second kappa shape index (κ2) is 7.55. The molecule has 0 aliphatic rings. The van der Waals surface area contributed by atoms with Crippen LogP contribution in [0.3, 0.4) is 0 Å². The SMILES string of the molecule is NC(C(=O)O)c1cccc(C(=O)c2ccccc2)c1.[CaH2]. The van der Waals surface area contributed by atoms with Crippen LogP contribution in [-0.2, 0) is 4.79 Å². The molecule has 0 fully saturated rings. The summed E-state index contributed by atoms with van der Waals surface area (Å²) in [6.07, 6.45) is 0. The molecule has 0 radical (unpaired) electrons. The Balaban J connectivity index is 0.00000200. The van der Waals surface area contributed by atoms with E-state index in [9.17, 15) is 9.59 Å². The first kappa shape index (κ1) is 16.9. The van der Waals surface area contributed by atoms with Crippen LogP contribution in [0, 0.1) is 0 Å². The molecule has 0 aromatic heterocycles. The van der Waals surface area contributed by atoms with Gasteiger partial charge < -0.3 is 10.8 Å². The number of rotatable bonds is 4. The van der Waals surface area contributed by atoms with Gasteiger partial charge in [0.05, 0.1) is 0 Å². The van der Waals surface area contributed by atoms with Crippen molar-refractivity contribution in [2.45, 2.75) is 6.04 Å². The fraction of sp³-hybridized carbons (Fsp3) is 0.0667. The summed E-state index contributed by atoms with van der Waals surface area (Å²) in [6, 6.07) is 14.1. The predicted octanol–water partition coefficient (Wildman–Crippen LogP) is 1.09. The second-order valence-corrected chi connectivity index (χ2v) is 4.14. The number of benzene rings is 2. The number of carbonyl (C=O) groups excluding carboxylic acids is 1. The van der Waals surface area contributed by atoms with Crippen molar-refractivity contribution in [2.24, 2.45) is 5.73 Å². The van der Waals surface area contributed by atoms with Crippen LogP contribution in [0.5, 0.6) is 0 Å². The van der Waals surface area contributed by atoms with Crippen molar-refractivity contribution in [1.29, 1.82) is 0 Å². The van der Waals surface area contributed by atoms with E-state index >= 15 is 0 Å². The van der Waals surface area contributed by atoms with E-state index in [1.54, 1.807) is 42.5 Å². The first-order chi connectivity index (χ1) is 9.09. The Bertz CT molecular complexity index is 614. The summed E-state index contributed by atoms with van der Waals surface area (Å²) in [6.45, 7) is 0. The van der Waals surface area contributed by atoms with E-state index in [0.29, 0.717) is 16.7 Å². The van der Waals surface area contributed by atoms with Gasteiger partial charge in [0.15, 0.2) is 5.78 Å². The van der Waals surface area contributed by atoms with Crippen molar-refractivity contribution in [2.75, 3.05) is 0 Å². The average molecular weight is 297 g/mol. The molecule has 0 spiro atoms. The van der Waals surface area contributed by atoms with E-state index in [1.807, 2.05) is 6.07 Å². The average Bonchev–Trinajstić information content (AvgIpc) is 2.46. The third-order valence-corrected chi connectivity index (χ3v) is 2.81. The number of hydrogen-bond acceptors (Lipinski definition) is 3. The summed E-state index contributed by atoms with van der Waals surface area (Å²) in [5.74, 6) is -1.27. The van der Waals surface area contributed by atoms with E-state index in [4.69, 9.17) is 10.8 Å². The van der Waals surface area contributed by atoms with Gasteiger partial charge in [-0.1, -0.05) is 48.5 Å². The van der Waals surface area contributed by atoms with E-state index in [0.717, 1.165) is 0 Å². The van der Waals surface area contributed by atoms with Gasteiger partial charge in [0, 0.05) is 11.1 Å². The van der Waals surface area contributed by atoms with E-state index < -0.39 is 12.0 Å². The molecule has 1 unspecified atom stereocenters. The first-order valence-corrected chi connectivity index (χ1v) is 5.77. The Morgan fingerprint density at radius 3 is 2.15 bits per heavy atom. The maximum atomic E-state index is 12.2. The van der Waals surface area contributed by atoms with Crippen LogP contribution >= 0.6 is 0 Å². The van der Waals surface area contributed by atoms with Gasteiger partial charge in [0.1, 0.15) is 6.04 Å². The van der Waals surface area contributed by atoms with Crippen LogP contribution in [0.2, 0.25) is 0 Å². The second-order valence-electron chi connectivity index (χ2n) is 4.14. The van der Waals surface area contributed by atoms with Crippen LogP contribution < -0.4 is 5.73 Å². The van der Waals surface area contributed by atoms with E-state index in [1.165, 1.54) is 6.07 Å². The minimum absolute atomic E-state index is 0. The predicted molar refractivity (Wildman–Crippen MR) is 79.4 cm³/mol. The Labute approximate surface area is 146 Å². The molecule has 0 bridgehead atoms. The molecule has 2 aromatic carbocycles. The molecule has 0 amide bonds. The van der Waals surface area contributed by atoms with Crippen LogP contribution in [0.15, 0.2) is 54.6 Å². The normalized spacial score (nSPS) is 11.2. The Kier molecular flexibility index (Phi) is 6.36. The van der Waals surface area contributed by atoms with Gasteiger partial charge >= 0.3 is 43.7 Å². The van der Waals surface area contributed by atoms with Gasteiger partial charge in [-0.3, -0.25) is 9.59 Å². The number of ketones is 1. The molecule has 1 atom stereocenters. The number of nitrogens with two attached hydrogens (primary N) is 1. The molecule has 0 aliphatic heterocycles. The monoisotopic (exact) mass is 297 g/mol. The minimum atomic E-state index is -1.12. The zero-order chi connectivity index (χ0) is 13.8. The van der Waals surface area contributed by atoms with Crippen LogP contribution in [0.4, 0.5) is 0 Å². The molecule has 100 valence electrons. The molecule has 5 heteroatoms. The van der Waals surface area contributed by atoms with E-state index in [-0.39, 0.29) is 43.5 Å². The maximum absolute atomic E-state index is 12.2. The fourth-order valence-corrected chi connectivity index (χ4v) is 1.77. The number of carboxylic acid groups (broad SMARTS) is 1. The molecule has 2 aromatic rings. The summed E-state index contributed by atoms with van der Waals surface area (Å²) in [4.78, 5) is 23.0. The quantitative estimate of drug-likeness (QED) is 0.654. The molecule has 3 N–H and O–H groups in total. The van der Waals surface area contributed by atoms with Gasteiger partial charge in [-0.05, 0) is 11.6 Å². The van der Waals surface area contributed by atoms with Gasteiger partial charge in [-0.25, -0.2) is 0 Å². The van der Waals surface area contributed by atoms with E-state index in [2.05, 4.69) is 0 Å². The molecule has 0 heterocycles. The molecule has 0 saturated heterocycles. The summed E-state index contributed by atoms with van der Waals surface area (Å²) < 4.78 is 0. The fourth-order valence-electron chi connectivity index (χ4n) is 1.77. The third kappa shape index (κ3) is 3.90. The van der Waals surface area contributed by atoms with Crippen molar-refractivity contribution < 1.29 is 14.7 Å². The van der Waals surface area contributed by atoms with Crippen molar-refractivity contribution in [3.05, 3.63) is 71.3 Å². The Morgan fingerprint density at radius 1 is 0.950 bits per heavy atom. The topological polar surface area (TPSA) is 80.4 Å². The van der Waals surface area contributed by atoms with Gasteiger partial charge in [0.2, 0.25) is 0 Å². The van der Waals surface area contributed by atoms with Gasteiger partial charge in [-0.2, -0.15) is 0 Å². The van der Waals surface area contributed by atoms with Crippen molar-refractivity contribution in [3.8, 4) is 0 Å². The molecule has 0 aliphatic carbocycles. The summed E-state index contributed by atoms with van der Waals surface area (Å²) in [5, 5.41) is 8.87. The van der Waals surface area contributed by atoms with Crippen LogP contribution in [-0.4, -0.2) is 54.6 Å². The van der Waals surface area contributed by atoms with Crippen molar-refractivity contribution in [3.63, 3.8) is 0 Å². The van der Waals surface area contributed by atoms with Gasteiger partial charge in [-0.15, -0.1) is 0 Å². The zero-order valence-electron chi connectivity index (χ0n) is 10.1. The third-order valence-electron chi connectivity index (χ3n) is 2.81. The number of aliphatic carboxylic acids is 1. The van der Waals surface area contributed by atoms with Crippen molar-refractivity contribution in [1.82, 2.24) is 0 Å².